The molecule has 1 aliphatic heterocycles. The lowest BCUT2D eigenvalue weighted by molar-refractivity contribution is -0.132. The molecule has 1 aromatic heterocycles. The molecule has 1 saturated heterocycles. The van der Waals surface area contributed by atoms with Crippen LogP contribution in [0.15, 0.2) is 71.8 Å². The second kappa shape index (κ2) is 12.3. The van der Waals surface area contributed by atoms with Gasteiger partial charge in [-0.3, -0.25) is 4.68 Å². The minimum atomic E-state index is -0.759. The number of likely N-dealkylation sites (tertiary alicyclic amines) is 1. The molecule has 0 radical (unpaired) electrons. The number of piperidine rings is 1. The number of carbonyl (C=O) groups is 1. The largest absolute Gasteiger partial charge is 0.478 e. The van der Waals surface area contributed by atoms with E-state index in [2.05, 4.69) is 52.9 Å². The van der Waals surface area contributed by atoms with Crippen LogP contribution >= 0.6 is 0 Å². The molecule has 1 N–H and O–H groups in total. The highest BCUT2D eigenvalue weighted by molar-refractivity contribution is 5.87. The lowest BCUT2D eigenvalue weighted by Gasteiger charge is -2.35. The second-order valence-corrected chi connectivity index (χ2v) is 12.5. The molecular weight excluding hydrogens is 513 g/mol. The lowest BCUT2D eigenvalue weighted by atomic mass is 9.87. The van der Waals surface area contributed by atoms with E-state index in [1.165, 1.54) is 17.3 Å². The van der Waals surface area contributed by atoms with Gasteiger partial charge in [0.1, 0.15) is 5.82 Å². The van der Waals surface area contributed by atoms with E-state index < -0.39 is 5.97 Å². The van der Waals surface area contributed by atoms with E-state index in [1.807, 2.05) is 6.07 Å². The molecule has 0 spiro atoms. The van der Waals surface area contributed by atoms with Gasteiger partial charge in [0.25, 0.3) is 0 Å². The Balaban J connectivity index is 1.14. The highest BCUT2D eigenvalue weighted by atomic mass is 19.1. The first kappa shape index (κ1) is 27.9. The van der Waals surface area contributed by atoms with E-state index in [0.29, 0.717) is 29.7 Å². The molecular formula is C35H42FN3O2. The maximum absolute atomic E-state index is 14.2. The Kier molecular flexibility index (Phi) is 8.38. The third-order valence-electron chi connectivity index (χ3n) is 9.58. The topological polar surface area (TPSA) is 58.4 Å². The van der Waals surface area contributed by atoms with Crippen molar-refractivity contribution in [3.63, 3.8) is 0 Å². The smallest absolute Gasteiger partial charge is 0.331 e. The molecule has 41 heavy (non-hydrogen) atoms. The molecule has 2 unspecified atom stereocenters. The van der Waals surface area contributed by atoms with Gasteiger partial charge in [-0.1, -0.05) is 48.0 Å². The predicted octanol–water partition coefficient (Wildman–Crippen LogP) is 7.19. The molecule has 6 rings (SSSR count). The van der Waals surface area contributed by atoms with E-state index in [0.717, 1.165) is 88.0 Å². The number of rotatable bonds is 10. The van der Waals surface area contributed by atoms with Crippen LogP contribution in [0.2, 0.25) is 0 Å². The van der Waals surface area contributed by atoms with Gasteiger partial charge >= 0.3 is 5.97 Å². The summed E-state index contributed by atoms with van der Waals surface area (Å²) < 4.78 is 16.4. The van der Waals surface area contributed by atoms with Crippen LogP contribution in [0.25, 0.3) is 0 Å². The summed E-state index contributed by atoms with van der Waals surface area (Å²) in [5, 5.41) is 15.0. The molecule has 2 aromatic carbocycles. The number of nitrogens with zero attached hydrogens (tertiary/aromatic N) is 3. The summed E-state index contributed by atoms with van der Waals surface area (Å²) in [5.41, 5.74) is 6.52. The van der Waals surface area contributed by atoms with E-state index in [4.69, 9.17) is 5.10 Å². The molecule has 3 fully saturated rings. The van der Waals surface area contributed by atoms with Crippen LogP contribution in [-0.2, 0) is 17.8 Å². The fourth-order valence-electron chi connectivity index (χ4n) is 7.24. The number of carboxylic acid groups (broad SMARTS) is 1. The SMILES string of the molecule is CCn1nc(Cc2ccccc2)cc1C1CCN(CC2C/C(=C(\CC3CC3)C(=O)O)CC2c2cccc(F)c2)CC1. The lowest BCUT2D eigenvalue weighted by Crippen LogP contribution is -2.37. The summed E-state index contributed by atoms with van der Waals surface area (Å²) in [6, 6.07) is 19.8. The van der Waals surface area contributed by atoms with Gasteiger partial charge in [0.05, 0.1) is 5.69 Å². The van der Waals surface area contributed by atoms with Crippen molar-refractivity contribution in [2.75, 3.05) is 19.6 Å². The van der Waals surface area contributed by atoms with Gasteiger partial charge < -0.3 is 10.0 Å². The van der Waals surface area contributed by atoms with Gasteiger partial charge in [0.15, 0.2) is 0 Å². The molecule has 3 aromatic rings. The van der Waals surface area contributed by atoms with Crippen molar-refractivity contribution in [2.45, 2.75) is 76.7 Å². The zero-order valence-electron chi connectivity index (χ0n) is 24.1. The molecule has 2 saturated carbocycles. The summed E-state index contributed by atoms with van der Waals surface area (Å²) in [6.07, 6.45) is 7.56. The summed E-state index contributed by atoms with van der Waals surface area (Å²) in [5.74, 6) is 0.521. The van der Waals surface area contributed by atoms with Crippen LogP contribution in [0.4, 0.5) is 4.39 Å². The third kappa shape index (κ3) is 6.64. The maximum atomic E-state index is 14.2. The molecule has 6 heteroatoms. The van der Waals surface area contributed by atoms with E-state index in [-0.39, 0.29) is 11.7 Å². The van der Waals surface area contributed by atoms with Crippen molar-refractivity contribution in [3.05, 3.63) is 100 Å². The Hall–Kier alpha value is -3.25. The normalized spacial score (nSPS) is 23.2. The zero-order valence-corrected chi connectivity index (χ0v) is 24.1. The summed E-state index contributed by atoms with van der Waals surface area (Å²) in [7, 11) is 0. The minimum absolute atomic E-state index is 0.161. The number of aromatic nitrogens is 2. The Morgan fingerprint density at radius 1 is 1.00 bits per heavy atom. The Morgan fingerprint density at radius 3 is 2.46 bits per heavy atom. The molecule has 5 nitrogen and oxygen atoms in total. The first-order valence-electron chi connectivity index (χ1n) is 15.5. The van der Waals surface area contributed by atoms with E-state index in [1.54, 1.807) is 12.1 Å². The van der Waals surface area contributed by atoms with Gasteiger partial charge in [-0.25, -0.2) is 9.18 Å². The van der Waals surface area contributed by atoms with E-state index >= 15 is 0 Å². The Labute approximate surface area is 243 Å². The number of aryl methyl sites for hydroxylation is 1. The summed E-state index contributed by atoms with van der Waals surface area (Å²) >= 11 is 0. The maximum Gasteiger partial charge on any atom is 0.331 e. The fourth-order valence-corrected chi connectivity index (χ4v) is 7.24. The highest BCUT2D eigenvalue weighted by Gasteiger charge is 2.37. The van der Waals surface area contributed by atoms with Gasteiger partial charge in [0, 0.05) is 36.7 Å². The van der Waals surface area contributed by atoms with Crippen LogP contribution in [0.5, 0.6) is 0 Å². The molecule has 216 valence electrons. The molecule has 2 aliphatic carbocycles. The van der Waals surface area contributed by atoms with Gasteiger partial charge in [-0.2, -0.15) is 5.10 Å². The fraction of sp³-hybridized carbons (Fsp3) is 0.486. The Morgan fingerprint density at radius 2 is 1.78 bits per heavy atom. The van der Waals surface area contributed by atoms with Crippen molar-refractivity contribution >= 4 is 5.97 Å². The van der Waals surface area contributed by atoms with Crippen molar-refractivity contribution in [3.8, 4) is 0 Å². The van der Waals surface area contributed by atoms with Crippen molar-refractivity contribution < 1.29 is 14.3 Å². The number of aliphatic carboxylic acids is 1. The number of allylic oxidation sites excluding steroid dienone is 1. The second-order valence-electron chi connectivity index (χ2n) is 12.5. The molecule has 2 atom stereocenters. The minimum Gasteiger partial charge on any atom is -0.478 e. The average molecular weight is 556 g/mol. The standard InChI is InChI=1S/C35H42FN3O2/c1-2-39-34(22-31(37-39)17-24-7-4-3-5-8-24)26-13-15-38(16-14-26)23-29-19-28(33(35(40)41)18-25-11-12-25)21-32(29)27-9-6-10-30(36)20-27/h3-10,20,22,25-26,29,32H,2,11-19,21,23H2,1H3,(H,40,41)/b33-28-. The van der Waals surface area contributed by atoms with E-state index in [9.17, 15) is 14.3 Å². The Bertz CT molecular complexity index is 1390. The number of carboxylic acids is 1. The molecule has 3 aliphatic rings. The first-order valence-corrected chi connectivity index (χ1v) is 15.5. The molecule has 0 amide bonds. The van der Waals surface area contributed by atoms with Crippen LogP contribution < -0.4 is 0 Å². The average Bonchev–Trinajstić information content (AvgIpc) is 3.57. The molecule has 2 heterocycles. The summed E-state index contributed by atoms with van der Waals surface area (Å²) in [4.78, 5) is 14.8. The van der Waals surface area contributed by atoms with Gasteiger partial charge in [0.2, 0.25) is 0 Å². The van der Waals surface area contributed by atoms with Crippen LogP contribution in [0.3, 0.4) is 0 Å². The first-order chi connectivity index (χ1) is 20.0. The van der Waals surface area contributed by atoms with Crippen molar-refractivity contribution in [1.82, 2.24) is 14.7 Å². The molecule has 0 bridgehead atoms. The van der Waals surface area contributed by atoms with Crippen LogP contribution in [0.1, 0.15) is 86.2 Å². The highest BCUT2D eigenvalue weighted by Crippen LogP contribution is 2.47. The van der Waals surface area contributed by atoms with Crippen LogP contribution in [-0.4, -0.2) is 45.4 Å². The van der Waals surface area contributed by atoms with Crippen molar-refractivity contribution in [1.29, 1.82) is 0 Å². The van der Waals surface area contributed by atoms with Crippen molar-refractivity contribution in [2.24, 2.45) is 11.8 Å². The summed E-state index contributed by atoms with van der Waals surface area (Å²) in [6.45, 7) is 6.02. The third-order valence-corrected chi connectivity index (χ3v) is 9.58. The predicted molar refractivity (Wildman–Crippen MR) is 159 cm³/mol. The quantitative estimate of drug-likeness (QED) is 0.269. The monoisotopic (exact) mass is 555 g/mol. The number of benzene rings is 2. The number of halogens is 1. The zero-order chi connectivity index (χ0) is 28.3. The van der Waals surface area contributed by atoms with Gasteiger partial charge in [-0.15, -0.1) is 0 Å². The number of hydrogen-bond donors (Lipinski definition) is 1. The van der Waals surface area contributed by atoms with Gasteiger partial charge in [-0.05, 0) is 112 Å². The number of hydrogen-bond acceptors (Lipinski definition) is 3. The van der Waals surface area contributed by atoms with Crippen LogP contribution in [0, 0.1) is 17.7 Å².